The molecule has 0 aromatic carbocycles. The van der Waals surface area contributed by atoms with Crippen molar-refractivity contribution in [2.75, 3.05) is 31.5 Å². The van der Waals surface area contributed by atoms with Crippen LogP contribution in [0.1, 0.15) is 31.9 Å². The van der Waals surface area contributed by atoms with Crippen molar-refractivity contribution in [1.29, 1.82) is 0 Å². The quantitative estimate of drug-likeness (QED) is 0.850. The minimum Gasteiger partial charge on any atom is -0.354 e. The summed E-state index contributed by atoms with van der Waals surface area (Å²) in [5.74, 6) is 1.02. The minimum atomic E-state index is 0.979. The molecule has 1 aromatic heterocycles. The first-order valence-corrected chi connectivity index (χ1v) is 6.79. The third-order valence-electron chi connectivity index (χ3n) is 3.40. The fourth-order valence-corrected chi connectivity index (χ4v) is 2.44. The number of rotatable bonds is 5. The summed E-state index contributed by atoms with van der Waals surface area (Å²) in [6, 6.07) is 0. The lowest BCUT2D eigenvalue weighted by molar-refractivity contribution is 0.237. The summed E-state index contributed by atoms with van der Waals surface area (Å²) in [5, 5.41) is 3.44. The van der Waals surface area contributed by atoms with Gasteiger partial charge < -0.3 is 14.8 Å². The Morgan fingerprint density at radius 2 is 2.06 bits per heavy atom. The Hall–Kier alpha value is -1.03. The lowest BCUT2D eigenvalue weighted by Crippen LogP contribution is -2.34. The van der Waals surface area contributed by atoms with E-state index in [1.54, 1.807) is 0 Å². The largest absolute Gasteiger partial charge is 0.354 e. The van der Waals surface area contributed by atoms with Crippen LogP contribution in [0.3, 0.4) is 0 Å². The topological polar surface area (TPSA) is 33.1 Å². The number of hydrogen-bond acceptors (Lipinski definition) is 3. The standard InChI is InChI=1S/C13H24N4/c1-3-17-11-12(2)15-13(17)14-7-10-16-8-5-4-6-9-16/h11H,3-10H2,1-2H3,(H,14,15). The van der Waals surface area contributed by atoms with Gasteiger partial charge in [0.2, 0.25) is 5.95 Å². The molecule has 17 heavy (non-hydrogen) atoms. The molecule has 4 nitrogen and oxygen atoms in total. The van der Waals surface area contributed by atoms with Crippen molar-refractivity contribution < 1.29 is 0 Å². The molecule has 0 saturated carbocycles. The smallest absolute Gasteiger partial charge is 0.203 e. The Labute approximate surface area is 104 Å². The van der Waals surface area contributed by atoms with Crippen LogP contribution in [0.5, 0.6) is 0 Å². The summed E-state index contributed by atoms with van der Waals surface area (Å²) in [5.41, 5.74) is 1.09. The predicted molar refractivity (Wildman–Crippen MR) is 71.4 cm³/mol. The molecule has 2 heterocycles. The highest BCUT2D eigenvalue weighted by atomic mass is 15.2. The van der Waals surface area contributed by atoms with Crippen LogP contribution < -0.4 is 5.32 Å². The molecule has 0 unspecified atom stereocenters. The van der Waals surface area contributed by atoms with Crippen LogP contribution in [0.25, 0.3) is 0 Å². The first-order chi connectivity index (χ1) is 8.29. The molecule has 4 heteroatoms. The van der Waals surface area contributed by atoms with Crippen molar-refractivity contribution in [3.05, 3.63) is 11.9 Å². The maximum Gasteiger partial charge on any atom is 0.203 e. The van der Waals surface area contributed by atoms with Crippen LogP contribution >= 0.6 is 0 Å². The first-order valence-electron chi connectivity index (χ1n) is 6.79. The third kappa shape index (κ3) is 3.46. The number of aromatic nitrogens is 2. The average Bonchev–Trinajstić information content (AvgIpc) is 2.71. The molecule has 96 valence electrons. The molecule has 0 atom stereocenters. The second-order valence-electron chi connectivity index (χ2n) is 4.82. The maximum atomic E-state index is 4.50. The molecule has 0 radical (unpaired) electrons. The summed E-state index contributed by atoms with van der Waals surface area (Å²) in [7, 11) is 0. The fourth-order valence-electron chi connectivity index (χ4n) is 2.44. The van der Waals surface area contributed by atoms with E-state index in [1.165, 1.54) is 32.4 Å². The van der Waals surface area contributed by atoms with Crippen LogP contribution in [-0.4, -0.2) is 40.6 Å². The first kappa shape index (κ1) is 12.4. The van der Waals surface area contributed by atoms with Crippen molar-refractivity contribution in [3.63, 3.8) is 0 Å². The number of aryl methyl sites for hydroxylation is 2. The molecule has 1 saturated heterocycles. The van der Waals surface area contributed by atoms with Gasteiger partial charge in [0.15, 0.2) is 0 Å². The van der Waals surface area contributed by atoms with Gasteiger partial charge >= 0.3 is 0 Å². The molecule has 1 N–H and O–H groups in total. The van der Waals surface area contributed by atoms with Gasteiger partial charge in [0.05, 0.1) is 5.69 Å². The van der Waals surface area contributed by atoms with Crippen molar-refractivity contribution >= 4 is 5.95 Å². The molecule has 1 fully saturated rings. The lowest BCUT2D eigenvalue weighted by atomic mass is 10.1. The third-order valence-corrected chi connectivity index (χ3v) is 3.40. The van der Waals surface area contributed by atoms with Gasteiger partial charge in [-0.05, 0) is 39.8 Å². The number of imidazole rings is 1. The van der Waals surface area contributed by atoms with Gasteiger partial charge in [0.25, 0.3) is 0 Å². The van der Waals surface area contributed by atoms with E-state index in [4.69, 9.17) is 0 Å². The van der Waals surface area contributed by atoms with Crippen LogP contribution in [0, 0.1) is 6.92 Å². The molecule has 1 aliphatic rings. The molecule has 0 amide bonds. The summed E-state index contributed by atoms with van der Waals surface area (Å²) >= 11 is 0. The number of hydrogen-bond donors (Lipinski definition) is 1. The second-order valence-corrected chi connectivity index (χ2v) is 4.82. The summed E-state index contributed by atoms with van der Waals surface area (Å²) < 4.78 is 2.17. The van der Waals surface area contributed by atoms with Crippen molar-refractivity contribution in [3.8, 4) is 0 Å². The van der Waals surface area contributed by atoms with E-state index in [1.807, 2.05) is 6.92 Å². The SMILES string of the molecule is CCn1cc(C)nc1NCCN1CCCCC1. The van der Waals surface area contributed by atoms with E-state index in [9.17, 15) is 0 Å². The highest BCUT2D eigenvalue weighted by Gasteiger charge is 2.09. The van der Waals surface area contributed by atoms with E-state index >= 15 is 0 Å². The van der Waals surface area contributed by atoms with E-state index < -0.39 is 0 Å². The molecule has 1 aromatic rings. The molecular formula is C13H24N4. The highest BCUT2D eigenvalue weighted by Crippen LogP contribution is 2.09. The number of nitrogens with zero attached hydrogens (tertiary/aromatic N) is 3. The van der Waals surface area contributed by atoms with Gasteiger partial charge in [-0.2, -0.15) is 0 Å². The highest BCUT2D eigenvalue weighted by molar-refractivity contribution is 5.28. The molecule has 1 aliphatic heterocycles. The van der Waals surface area contributed by atoms with Crippen LogP contribution in [0.15, 0.2) is 6.20 Å². The van der Waals surface area contributed by atoms with Crippen molar-refractivity contribution in [2.45, 2.75) is 39.7 Å². The average molecular weight is 236 g/mol. The van der Waals surface area contributed by atoms with Crippen LogP contribution in [-0.2, 0) is 6.54 Å². The van der Waals surface area contributed by atoms with Crippen molar-refractivity contribution in [2.24, 2.45) is 0 Å². The minimum absolute atomic E-state index is 0.979. The Balaban J connectivity index is 1.76. The second kappa shape index (κ2) is 6.05. The van der Waals surface area contributed by atoms with E-state index in [-0.39, 0.29) is 0 Å². The van der Waals surface area contributed by atoms with Gasteiger partial charge in [-0.25, -0.2) is 4.98 Å². The summed E-state index contributed by atoms with van der Waals surface area (Å²) in [4.78, 5) is 7.04. The number of likely N-dealkylation sites (tertiary alicyclic amines) is 1. The molecule has 0 bridgehead atoms. The Morgan fingerprint density at radius 1 is 1.29 bits per heavy atom. The van der Waals surface area contributed by atoms with Crippen LogP contribution in [0.2, 0.25) is 0 Å². The Kier molecular flexibility index (Phi) is 4.42. The molecule has 0 aliphatic carbocycles. The number of nitrogens with one attached hydrogen (secondary N) is 1. The van der Waals surface area contributed by atoms with Gasteiger partial charge in [0, 0.05) is 25.8 Å². The van der Waals surface area contributed by atoms with Gasteiger partial charge in [-0.15, -0.1) is 0 Å². The van der Waals surface area contributed by atoms with Gasteiger partial charge in [-0.3, -0.25) is 0 Å². The van der Waals surface area contributed by atoms with Crippen LogP contribution in [0.4, 0.5) is 5.95 Å². The summed E-state index contributed by atoms with van der Waals surface area (Å²) in [6.45, 7) is 9.84. The Morgan fingerprint density at radius 3 is 2.76 bits per heavy atom. The lowest BCUT2D eigenvalue weighted by Gasteiger charge is -2.26. The van der Waals surface area contributed by atoms with E-state index in [2.05, 4.69) is 32.9 Å². The molecule has 2 rings (SSSR count). The number of anilines is 1. The predicted octanol–water partition coefficient (Wildman–Crippen LogP) is 2.11. The van der Waals surface area contributed by atoms with Crippen molar-refractivity contribution in [1.82, 2.24) is 14.5 Å². The normalized spacial score (nSPS) is 17.3. The zero-order chi connectivity index (χ0) is 12.1. The van der Waals surface area contributed by atoms with E-state index in [0.29, 0.717) is 0 Å². The molecule has 0 spiro atoms. The fraction of sp³-hybridized carbons (Fsp3) is 0.769. The Bertz CT molecular complexity index is 339. The monoisotopic (exact) mass is 236 g/mol. The van der Waals surface area contributed by atoms with E-state index in [0.717, 1.165) is 31.3 Å². The zero-order valence-corrected chi connectivity index (χ0v) is 11.1. The zero-order valence-electron chi connectivity index (χ0n) is 11.1. The van der Waals surface area contributed by atoms with Gasteiger partial charge in [0.1, 0.15) is 0 Å². The molecular weight excluding hydrogens is 212 g/mol. The maximum absolute atomic E-state index is 4.50. The number of piperidine rings is 1. The summed E-state index contributed by atoms with van der Waals surface area (Å²) in [6.07, 6.45) is 6.23. The van der Waals surface area contributed by atoms with Gasteiger partial charge in [-0.1, -0.05) is 6.42 Å².